The zero-order chi connectivity index (χ0) is 33.1. The number of benzene rings is 2. The molecular weight excluding hydrogens is 681 g/mol. The number of hydrogen-bond acceptors (Lipinski definition) is 11. The maximum atomic E-state index is 6.04. The van der Waals surface area contributed by atoms with Gasteiger partial charge in [-0.2, -0.15) is 10.1 Å². The van der Waals surface area contributed by atoms with Crippen LogP contribution in [-0.2, 0) is 16.5 Å². The minimum absolute atomic E-state index is 0.0362. The Bertz CT molecular complexity index is 1870. The van der Waals surface area contributed by atoms with Crippen LogP contribution in [0.5, 0.6) is 5.75 Å². The molecule has 12 nitrogen and oxygen atoms in total. The fourth-order valence-corrected chi connectivity index (χ4v) is 7.06. The smallest absolute Gasteiger partial charge is 0.229 e. The zero-order valence-corrected chi connectivity index (χ0v) is 29.8. The Balaban J connectivity index is 1.34. The van der Waals surface area contributed by atoms with Gasteiger partial charge in [0.25, 0.3) is 0 Å². The van der Waals surface area contributed by atoms with Gasteiger partial charge < -0.3 is 29.7 Å². The standard InChI is InChI=1S/C33H39BrN9O3P/c1-20(2)46-19-22-18-43(11-12-45-22)28-14-29(44-4)27(13-23(28)21-15-38-42(3)17-21)40-33-37-16-24(34)32(41-33)39-26-8-7-25-30(31(26)47(5)6)36-10-9-35-25/h7-10,13-17,20,22H,11-12,18-19H2,1-6H3,(H2,37,39,40,41). The largest absolute Gasteiger partial charge is 0.494 e. The summed E-state index contributed by atoms with van der Waals surface area (Å²) in [6, 6.07) is 8.13. The monoisotopic (exact) mass is 719 g/mol. The van der Waals surface area contributed by atoms with Crippen molar-refractivity contribution in [1.29, 1.82) is 0 Å². The van der Waals surface area contributed by atoms with Gasteiger partial charge >= 0.3 is 0 Å². The van der Waals surface area contributed by atoms with Crippen LogP contribution in [0.25, 0.3) is 22.2 Å². The molecule has 0 bridgehead atoms. The first kappa shape index (κ1) is 33.0. The molecule has 5 aromatic rings. The normalized spacial score (nSPS) is 15.1. The minimum atomic E-state index is -0.499. The number of aromatic nitrogens is 6. The molecule has 0 amide bonds. The Hall–Kier alpha value is -3.90. The van der Waals surface area contributed by atoms with Crippen LogP contribution < -0.4 is 25.6 Å². The highest BCUT2D eigenvalue weighted by atomic mass is 79.9. The molecule has 2 N–H and O–H groups in total. The number of hydrogen-bond donors (Lipinski definition) is 2. The van der Waals surface area contributed by atoms with E-state index in [9.17, 15) is 0 Å². The van der Waals surface area contributed by atoms with Crippen LogP contribution in [0, 0.1) is 0 Å². The summed E-state index contributed by atoms with van der Waals surface area (Å²) in [5, 5.41) is 12.5. The molecule has 47 heavy (non-hydrogen) atoms. The number of ether oxygens (including phenoxy) is 3. The van der Waals surface area contributed by atoms with E-state index in [1.165, 1.54) is 0 Å². The van der Waals surface area contributed by atoms with Gasteiger partial charge in [0, 0.05) is 78.8 Å². The van der Waals surface area contributed by atoms with Gasteiger partial charge in [0.05, 0.1) is 59.9 Å². The van der Waals surface area contributed by atoms with Crippen molar-refractivity contribution in [3.8, 4) is 16.9 Å². The number of anilines is 5. The van der Waals surface area contributed by atoms with Gasteiger partial charge in [-0.05, 0) is 61.3 Å². The lowest BCUT2D eigenvalue weighted by atomic mass is 10.0. The van der Waals surface area contributed by atoms with E-state index in [0.717, 1.165) is 55.5 Å². The summed E-state index contributed by atoms with van der Waals surface area (Å²) >= 11 is 3.64. The maximum absolute atomic E-state index is 6.04. The lowest BCUT2D eigenvalue weighted by molar-refractivity contribution is -0.0405. The molecule has 1 atom stereocenters. The number of nitrogens with one attached hydrogen (secondary N) is 2. The van der Waals surface area contributed by atoms with Crippen molar-refractivity contribution in [3.63, 3.8) is 0 Å². The molecule has 0 radical (unpaired) electrons. The van der Waals surface area contributed by atoms with Crippen molar-refractivity contribution in [3.05, 3.63) is 59.7 Å². The molecule has 14 heteroatoms. The topological polar surface area (TPSA) is 124 Å². The van der Waals surface area contributed by atoms with Crippen LogP contribution in [0.2, 0.25) is 0 Å². The maximum Gasteiger partial charge on any atom is 0.229 e. The van der Waals surface area contributed by atoms with Crippen LogP contribution in [-0.4, -0.2) is 88.7 Å². The first-order valence-electron chi connectivity index (χ1n) is 15.4. The van der Waals surface area contributed by atoms with Crippen LogP contribution in [0.15, 0.2) is 59.7 Å². The summed E-state index contributed by atoms with van der Waals surface area (Å²) in [7, 11) is 3.08. The molecule has 0 saturated carbocycles. The Morgan fingerprint density at radius 2 is 1.91 bits per heavy atom. The van der Waals surface area contributed by atoms with Gasteiger partial charge in [0.1, 0.15) is 11.6 Å². The zero-order valence-electron chi connectivity index (χ0n) is 27.4. The molecule has 1 aliphatic rings. The third-order valence-electron chi connectivity index (χ3n) is 7.73. The van der Waals surface area contributed by atoms with E-state index in [1.54, 1.807) is 30.4 Å². The molecule has 2 aromatic carbocycles. The van der Waals surface area contributed by atoms with Crippen LogP contribution in [0.1, 0.15) is 13.8 Å². The third kappa shape index (κ3) is 7.49. The number of methoxy groups -OCH3 is 1. The average Bonchev–Trinajstić information content (AvgIpc) is 3.50. The minimum Gasteiger partial charge on any atom is -0.494 e. The van der Waals surface area contributed by atoms with E-state index in [1.807, 2.05) is 45.4 Å². The Morgan fingerprint density at radius 1 is 1.09 bits per heavy atom. The van der Waals surface area contributed by atoms with Gasteiger partial charge in [-0.15, -0.1) is 0 Å². The summed E-state index contributed by atoms with van der Waals surface area (Å²) in [6.45, 7) is 11.1. The number of aryl methyl sites for hydroxylation is 1. The highest BCUT2D eigenvalue weighted by Gasteiger charge is 2.26. The van der Waals surface area contributed by atoms with Crippen molar-refractivity contribution in [2.24, 2.45) is 7.05 Å². The highest BCUT2D eigenvalue weighted by Crippen LogP contribution is 2.41. The second-order valence-corrected chi connectivity index (χ2v) is 14.8. The Morgan fingerprint density at radius 3 is 2.66 bits per heavy atom. The third-order valence-corrected chi connectivity index (χ3v) is 9.66. The fraction of sp³-hybridized carbons (Fsp3) is 0.364. The molecule has 1 aliphatic heterocycles. The van der Waals surface area contributed by atoms with E-state index in [0.29, 0.717) is 37.3 Å². The molecule has 3 aromatic heterocycles. The first-order chi connectivity index (χ1) is 22.7. The molecular formula is C33H39BrN9O3P. The van der Waals surface area contributed by atoms with Crippen LogP contribution in [0.3, 0.4) is 0 Å². The molecule has 0 aliphatic carbocycles. The van der Waals surface area contributed by atoms with E-state index in [4.69, 9.17) is 19.2 Å². The van der Waals surface area contributed by atoms with E-state index < -0.39 is 7.92 Å². The lowest BCUT2D eigenvalue weighted by Gasteiger charge is -2.36. The van der Waals surface area contributed by atoms with Crippen LogP contribution >= 0.6 is 23.9 Å². The van der Waals surface area contributed by atoms with Gasteiger partial charge in [-0.1, -0.05) is 7.92 Å². The van der Waals surface area contributed by atoms with Crippen molar-refractivity contribution >= 4 is 69.0 Å². The molecule has 4 heterocycles. The van der Waals surface area contributed by atoms with Crippen LogP contribution in [0.4, 0.5) is 28.8 Å². The van der Waals surface area contributed by atoms with Crippen molar-refractivity contribution in [1.82, 2.24) is 29.7 Å². The van der Waals surface area contributed by atoms with Crippen molar-refractivity contribution in [2.75, 3.05) is 62.3 Å². The van der Waals surface area contributed by atoms with Gasteiger partial charge in [0.15, 0.2) is 0 Å². The van der Waals surface area contributed by atoms with E-state index in [2.05, 4.69) is 77.0 Å². The summed E-state index contributed by atoms with van der Waals surface area (Å²) < 4.78 is 20.4. The molecule has 6 rings (SSSR count). The summed E-state index contributed by atoms with van der Waals surface area (Å²) in [4.78, 5) is 20.9. The average molecular weight is 721 g/mol. The molecule has 1 saturated heterocycles. The van der Waals surface area contributed by atoms with E-state index >= 15 is 0 Å². The molecule has 1 unspecified atom stereocenters. The Labute approximate surface area is 284 Å². The number of rotatable bonds is 11. The van der Waals surface area contributed by atoms with Crippen molar-refractivity contribution in [2.45, 2.75) is 26.1 Å². The lowest BCUT2D eigenvalue weighted by Crippen LogP contribution is -2.45. The predicted octanol–water partition coefficient (Wildman–Crippen LogP) is 6.08. The second kappa shape index (κ2) is 14.5. The second-order valence-electron chi connectivity index (χ2n) is 11.7. The van der Waals surface area contributed by atoms with Gasteiger partial charge in [-0.25, -0.2) is 4.98 Å². The van der Waals surface area contributed by atoms with Gasteiger partial charge in [-0.3, -0.25) is 14.6 Å². The molecule has 246 valence electrons. The summed E-state index contributed by atoms with van der Waals surface area (Å²) in [5.74, 6) is 1.69. The van der Waals surface area contributed by atoms with Crippen molar-refractivity contribution < 1.29 is 14.2 Å². The number of halogens is 1. The number of morpholine rings is 1. The summed E-state index contributed by atoms with van der Waals surface area (Å²) in [6.07, 6.45) is 9.16. The number of nitrogens with zero attached hydrogens (tertiary/aromatic N) is 7. The molecule has 1 fully saturated rings. The Kier molecular flexibility index (Phi) is 10.2. The summed E-state index contributed by atoms with van der Waals surface area (Å²) in [5.41, 5.74) is 6.43. The SMILES string of the molecule is COc1cc(N2CCOC(COC(C)C)C2)c(-c2cnn(C)c2)cc1Nc1ncc(Br)c(Nc2ccc3nccnc3c2P(C)C)n1. The van der Waals surface area contributed by atoms with E-state index in [-0.39, 0.29) is 12.2 Å². The highest BCUT2D eigenvalue weighted by molar-refractivity contribution is 9.10. The fourth-order valence-electron chi connectivity index (χ4n) is 5.57. The molecule has 0 spiro atoms. The quantitative estimate of drug-likeness (QED) is 0.155. The number of fused-ring (bicyclic) bond motifs is 1. The predicted molar refractivity (Wildman–Crippen MR) is 192 cm³/mol. The van der Waals surface area contributed by atoms with Gasteiger partial charge in [0.2, 0.25) is 5.95 Å². The first-order valence-corrected chi connectivity index (χ1v) is 18.4.